The molecule has 4 unspecified atom stereocenters. The third-order valence-corrected chi connectivity index (χ3v) is 5.65. The molecule has 0 aliphatic heterocycles. The number of hydrazine groups is 1. The van der Waals surface area contributed by atoms with Gasteiger partial charge < -0.3 is 0 Å². The molecule has 0 aromatic carbocycles. The molecular formula is C16H23N3. The van der Waals surface area contributed by atoms with Gasteiger partial charge in [0.2, 0.25) is 0 Å². The van der Waals surface area contributed by atoms with E-state index in [2.05, 4.69) is 22.5 Å². The molecule has 0 spiro atoms. The molecule has 1 heterocycles. The zero-order chi connectivity index (χ0) is 12.8. The second-order valence-corrected chi connectivity index (χ2v) is 6.73. The molecule has 3 heteroatoms. The monoisotopic (exact) mass is 257 g/mol. The molecule has 1 aromatic rings. The van der Waals surface area contributed by atoms with Gasteiger partial charge in [0.25, 0.3) is 0 Å². The minimum absolute atomic E-state index is 0.432. The summed E-state index contributed by atoms with van der Waals surface area (Å²) in [7, 11) is 0. The molecule has 0 amide bonds. The van der Waals surface area contributed by atoms with Crippen molar-refractivity contribution in [3.8, 4) is 0 Å². The van der Waals surface area contributed by atoms with Gasteiger partial charge >= 0.3 is 0 Å². The van der Waals surface area contributed by atoms with Crippen LogP contribution in [0.2, 0.25) is 0 Å². The molecule has 102 valence electrons. The van der Waals surface area contributed by atoms with E-state index < -0.39 is 0 Å². The van der Waals surface area contributed by atoms with Crippen LogP contribution in [0.3, 0.4) is 0 Å². The lowest BCUT2D eigenvalue weighted by atomic mass is 9.76. The first-order valence-corrected chi connectivity index (χ1v) is 7.76. The van der Waals surface area contributed by atoms with Crippen molar-refractivity contribution in [2.24, 2.45) is 23.6 Å². The molecule has 0 radical (unpaired) electrons. The predicted molar refractivity (Wildman–Crippen MR) is 75.3 cm³/mol. The Morgan fingerprint density at radius 1 is 1.26 bits per heavy atom. The van der Waals surface area contributed by atoms with Crippen molar-refractivity contribution < 1.29 is 0 Å². The van der Waals surface area contributed by atoms with E-state index in [0.717, 1.165) is 17.8 Å². The first kappa shape index (κ1) is 11.9. The minimum Gasteiger partial charge on any atom is -0.271 e. The maximum Gasteiger partial charge on any atom is 0.0482 e. The van der Waals surface area contributed by atoms with Gasteiger partial charge in [-0.3, -0.25) is 16.3 Å². The Morgan fingerprint density at radius 2 is 2.11 bits per heavy atom. The highest BCUT2D eigenvalue weighted by Crippen LogP contribution is 2.56. The van der Waals surface area contributed by atoms with Gasteiger partial charge in [-0.15, -0.1) is 0 Å². The van der Waals surface area contributed by atoms with Gasteiger partial charge in [0, 0.05) is 23.9 Å². The number of rotatable bonds is 3. The zero-order valence-electron chi connectivity index (χ0n) is 11.4. The van der Waals surface area contributed by atoms with Gasteiger partial charge in [0.15, 0.2) is 0 Å². The Balaban J connectivity index is 1.60. The molecule has 0 bridgehead atoms. The molecule has 3 aliphatic carbocycles. The summed E-state index contributed by atoms with van der Waals surface area (Å²) in [6.07, 6.45) is 9.90. The van der Waals surface area contributed by atoms with Crippen molar-refractivity contribution in [3.63, 3.8) is 0 Å². The lowest BCUT2D eigenvalue weighted by molar-refractivity contribution is 0.273. The van der Waals surface area contributed by atoms with Gasteiger partial charge in [0.1, 0.15) is 0 Å². The second kappa shape index (κ2) is 4.57. The summed E-state index contributed by atoms with van der Waals surface area (Å²) < 4.78 is 0. The van der Waals surface area contributed by atoms with Crippen molar-refractivity contribution in [1.82, 2.24) is 10.4 Å². The average molecular weight is 257 g/mol. The van der Waals surface area contributed by atoms with Crippen LogP contribution in [0.15, 0.2) is 18.3 Å². The highest BCUT2D eigenvalue weighted by Gasteiger charge is 2.49. The number of fused-ring (bicyclic) bond motifs is 2. The first-order chi connectivity index (χ1) is 9.36. The number of hydrogen-bond acceptors (Lipinski definition) is 3. The topological polar surface area (TPSA) is 50.9 Å². The van der Waals surface area contributed by atoms with Gasteiger partial charge in [0.05, 0.1) is 0 Å². The first-order valence-electron chi connectivity index (χ1n) is 7.76. The number of aryl methyl sites for hydroxylation is 1. The van der Waals surface area contributed by atoms with E-state index >= 15 is 0 Å². The molecule has 3 aliphatic rings. The highest BCUT2D eigenvalue weighted by molar-refractivity contribution is 5.28. The van der Waals surface area contributed by atoms with E-state index in [1.807, 2.05) is 6.20 Å². The van der Waals surface area contributed by atoms with E-state index in [4.69, 9.17) is 5.84 Å². The zero-order valence-corrected chi connectivity index (χ0v) is 11.4. The predicted octanol–water partition coefficient (Wildman–Crippen LogP) is 2.38. The summed E-state index contributed by atoms with van der Waals surface area (Å²) in [5, 5.41) is 0. The highest BCUT2D eigenvalue weighted by atomic mass is 15.2. The molecule has 2 fully saturated rings. The fourth-order valence-electron chi connectivity index (χ4n) is 4.63. The summed E-state index contributed by atoms with van der Waals surface area (Å²) >= 11 is 0. The van der Waals surface area contributed by atoms with Crippen LogP contribution in [0.5, 0.6) is 0 Å². The van der Waals surface area contributed by atoms with E-state index in [-0.39, 0.29) is 0 Å². The Morgan fingerprint density at radius 3 is 2.89 bits per heavy atom. The summed E-state index contributed by atoms with van der Waals surface area (Å²) in [5.74, 6) is 9.26. The lowest BCUT2D eigenvalue weighted by Gasteiger charge is -2.35. The van der Waals surface area contributed by atoms with Crippen molar-refractivity contribution in [1.29, 1.82) is 0 Å². The van der Waals surface area contributed by atoms with Crippen molar-refractivity contribution in [2.45, 2.75) is 50.5 Å². The van der Waals surface area contributed by atoms with Gasteiger partial charge in [-0.05, 0) is 67.9 Å². The van der Waals surface area contributed by atoms with E-state index in [0.29, 0.717) is 12.0 Å². The Kier molecular flexibility index (Phi) is 2.85. The Labute approximate surface area is 115 Å². The number of nitrogens with zero attached hydrogens (tertiary/aromatic N) is 1. The van der Waals surface area contributed by atoms with Crippen LogP contribution in [-0.4, -0.2) is 11.0 Å². The normalized spacial score (nSPS) is 37.5. The molecule has 3 N–H and O–H groups in total. The van der Waals surface area contributed by atoms with Crippen LogP contribution < -0.4 is 11.3 Å². The molecular weight excluding hydrogens is 234 g/mol. The molecule has 19 heavy (non-hydrogen) atoms. The SMILES string of the molecule is NNC(C1CC2CC2C1)C1CCCc2cccnc21. The molecule has 1 aromatic heterocycles. The van der Waals surface area contributed by atoms with E-state index in [1.165, 1.54) is 49.8 Å². The third kappa shape index (κ3) is 2.00. The lowest BCUT2D eigenvalue weighted by Crippen LogP contribution is -2.46. The van der Waals surface area contributed by atoms with Crippen LogP contribution in [-0.2, 0) is 6.42 Å². The standard InChI is InChI=1S/C16H23N3/c17-19-16(13-8-11-7-12(11)9-13)14-5-1-3-10-4-2-6-18-15(10)14/h2,4,6,11-14,16,19H,1,3,5,7-9,17H2. The van der Waals surface area contributed by atoms with Crippen molar-refractivity contribution in [2.75, 3.05) is 0 Å². The fourth-order valence-corrected chi connectivity index (χ4v) is 4.63. The number of pyridine rings is 1. The molecule has 4 atom stereocenters. The molecule has 3 nitrogen and oxygen atoms in total. The van der Waals surface area contributed by atoms with Crippen LogP contribution in [0.4, 0.5) is 0 Å². The van der Waals surface area contributed by atoms with Gasteiger partial charge in [-0.25, -0.2) is 0 Å². The smallest absolute Gasteiger partial charge is 0.0482 e. The second-order valence-electron chi connectivity index (χ2n) is 6.73. The fraction of sp³-hybridized carbons (Fsp3) is 0.688. The summed E-state index contributed by atoms with van der Waals surface area (Å²) in [4.78, 5) is 4.68. The van der Waals surface area contributed by atoms with Crippen LogP contribution in [0.25, 0.3) is 0 Å². The van der Waals surface area contributed by atoms with E-state index in [9.17, 15) is 0 Å². The maximum atomic E-state index is 5.92. The molecule has 0 saturated heterocycles. The Hall–Kier alpha value is -0.930. The number of aromatic nitrogens is 1. The molecule has 4 rings (SSSR count). The summed E-state index contributed by atoms with van der Waals surface area (Å²) in [6, 6.07) is 4.74. The molecule has 2 saturated carbocycles. The van der Waals surface area contributed by atoms with Crippen molar-refractivity contribution >= 4 is 0 Å². The Bertz CT molecular complexity index is 463. The number of nitrogens with two attached hydrogens (primary N) is 1. The largest absolute Gasteiger partial charge is 0.271 e. The third-order valence-electron chi connectivity index (χ3n) is 5.65. The summed E-state index contributed by atoms with van der Waals surface area (Å²) in [5.41, 5.74) is 5.92. The average Bonchev–Trinajstić information content (AvgIpc) is 3.07. The van der Waals surface area contributed by atoms with Crippen LogP contribution in [0, 0.1) is 17.8 Å². The quantitative estimate of drug-likeness (QED) is 0.645. The number of nitrogens with one attached hydrogen (secondary N) is 1. The van der Waals surface area contributed by atoms with Gasteiger partial charge in [-0.2, -0.15) is 0 Å². The summed E-state index contributed by atoms with van der Waals surface area (Å²) in [6.45, 7) is 0. The van der Waals surface area contributed by atoms with E-state index in [1.54, 1.807) is 0 Å². The van der Waals surface area contributed by atoms with Crippen LogP contribution in [0.1, 0.15) is 49.3 Å². The van der Waals surface area contributed by atoms with Crippen molar-refractivity contribution in [3.05, 3.63) is 29.6 Å². The van der Waals surface area contributed by atoms with Crippen LogP contribution >= 0.6 is 0 Å². The number of hydrogen-bond donors (Lipinski definition) is 2. The minimum atomic E-state index is 0.432. The maximum absolute atomic E-state index is 5.92. The van der Waals surface area contributed by atoms with Gasteiger partial charge in [-0.1, -0.05) is 6.07 Å².